The van der Waals surface area contributed by atoms with Gasteiger partial charge in [-0.05, 0) is 31.2 Å². The first kappa shape index (κ1) is 22.3. The topological polar surface area (TPSA) is 53.4 Å². The van der Waals surface area contributed by atoms with Crippen molar-refractivity contribution in [1.82, 2.24) is 9.55 Å². The normalized spacial score (nSPS) is 12.7. The van der Waals surface area contributed by atoms with Gasteiger partial charge in [0.2, 0.25) is 0 Å². The summed E-state index contributed by atoms with van der Waals surface area (Å²) in [6, 6.07) is 12.4. The molecule has 0 spiro atoms. The number of benzene rings is 2. The molecule has 0 amide bonds. The minimum absolute atomic E-state index is 0.0272. The van der Waals surface area contributed by atoms with Crippen molar-refractivity contribution in [3.8, 4) is 10.8 Å². The molecular formula is C22H16BrF3N2O3S. The van der Waals surface area contributed by atoms with Gasteiger partial charge in [-0.1, -0.05) is 34.1 Å². The first-order valence-corrected chi connectivity index (χ1v) is 11.0. The number of imidazole rings is 1. The van der Waals surface area contributed by atoms with Gasteiger partial charge in [0, 0.05) is 16.1 Å². The standard InChI is InChI=1S/C22H16BrF3N2O3S/c1-12(14-5-3-4-6-15(14)22(24,25)26)31-18-10-19(32-20(18)21(29)30-2)28-11-27-16-8-7-13(23)9-17(16)28/h3-12H,1-2H3/t12-/m1/s1. The molecule has 0 aliphatic rings. The summed E-state index contributed by atoms with van der Waals surface area (Å²) in [6.07, 6.45) is -3.88. The van der Waals surface area contributed by atoms with Gasteiger partial charge >= 0.3 is 12.1 Å². The number of carbonyl (C=O) groups excluding carboxylic acids is 1. The molecule has 0 saturated carbocycles. The Morgan fingerprint density at radius 3 is 2.66 bits per heavy atom. The smallest absolute Gasteiger partial charge is 0.416 e. The molecule has 2 aromatic carbocycles. The quantitative estimate of drug-likeness (QED) is 0.269. The number of esters is 1. The number of hydrogen-bond acceptors (Lipinski definition) is 5. The molecule has 4 aromatic rings. The SMILES string of the molecule is COC(=O)c1sc(-n2cnc3ccc(Br)cc32)cc1O[C@H](C)c1ccccc1C(F)(F)F. The molecule has 1 atom stereocenters. The number of fused-ring (bicyclic) bond motifs is 1. The van der Waals surface area contributed by atoms with Gasteiger partial charge in [0.25, 0.3) is 0 Å². The number of hydrogen-bond donors (Lipinski definition) is 0. The Kier molecular flexibility index (Phi) is 6.00. The van der Waals surface area contributed by atoms with Crippen molar-refractivity contribution in [3.05, 3.63) is 75.3 Å². The number of nitrogens with zero attached hydrogens (tertiary/aromatic N) is 2. The number of aromatic nitrogens is 2. The van der Waals surface area contributed by atoms with E-state index in [1.165, 1.54) is 32.2 Å². The third-order valence-electron chi connectivity index (χ3n) is 4.81. The average molecular weight is 525 g/mol. The van der Waals surface area contributed by atoms with E-state index in [0.29, 0.717) is 5.00 Å². The van der Waals surface area contributed by atoms with Crippen LogP contribution in [-0.4, -0.2) is 22.6 Å². The maximum atomic E-state index is 13.4. The Morgan fingerprint density at radius 2 is 1.94 bits per heavy atom. The van der Waals surface area contributed by atoms with E-state index in [1.54, 1.807) is 17.0 Å². The highest BCUT2D eigenvalue weighted by Gasteiger charge is 2.35. The van der Waals surface area contributed by atoms with E-state index in [-0.39, 0.29) is 16.2 Å². The van der Waals surface area contributed by atoms with Gasteiger partial charge in [-0.3, -0.25) is 4.57 Å². The highest BCUT2D eigenvalue weighted by Crippen LogP contribution is 2.39. The van der Waals surface area contributed by atoms with Crippen molar-refractivity contribution in [2.45, 2.75) is 19.2 Å². The van der Waals surface area contributed by atoms with Gasteiger partial charge in [0.05, 0.1) is 23.7 Å². The second-order valence-corrected chi connectivity index (χ2v) is 8.81. The Bertz CT molecular complexity index is 1300. The first-order chi connectivity index (χ1) is 15.2. The molecule has 10 heteroatoms. The third-order valence-corrected chi connectivity index (χ3v) is 6.40. The zero-order valence-corrected chi connectivity index (χ0v) is 19.2. The van der Waals surface area contributed by atoms with Crippen molar-refractivity contribution < 1.29 is 27.4 Å². The average Bonchev–Trinajstić information content (AvgIpc) is 3.36. The van der Waals surface area contributed by atoms with Crippen LogP contribution in [0.1, 0.15) is 33.8 Å². The van der Waals surface area contributed by atoms with E-state index >= 15 is 0 Å². The van der Waals surface area contributed by atoms with Crippen LogP contribution < -0.4 is 4.74 Å². The van der Waals surface area contributed by atoms with Crippen LogP contribution in [-0.2, 0) is 10.9 Å². The van der Waals surface area contributed by atoms with Crippen molar-refractivity contribution in [3.63, 3.8) is 0 Å². The molecule has 32 heavy (non-hydrogen) atoms. The fourth-order valence-corrected chi connectivity index (χ4v) is 4.67. The molecule has 2 heterocycles. The first-order valence-electron chi connectivity index (χ1n) is 9.37. The number of carbonyl (C=O) groups is 1. The maximum Gasteiger partial charge on any atom is 0.416 e. The van der Waals surface area contributed by atoms with Crippen LogP contribution in [0.25, 0.3) is 16.0 Å². The van der Waals surface area contributed by atoms with Gasteiger partial charge in [0.15, 0.2) is 4.88 Å². The fraction of sp³-hybridized carbons (Fsp3) is 0.182. The monoisotopic (exact) mass is 524 g/mol. The molecule has 4 rings (SSSR count). The minimum Gasteiger partial charge on any atom is -0.484 e. The maximum absolute atomic E-state index is 13.4. The number of halogens is 4. The summed E-state index contributed by atoms with van der Waals surface area (Å²) in [5, 5.41) is 0.609. The van der Waals surface area contributed by atoms with E-state index < -0.39 is 23.8 Å². The molecular weight excluding hydrogens is 509 g/mol. The summed E-state index contributed by atoms with van der Waals surface area (Å²) in [7, 11) is 1.23. The summed E-state index contributed by atoms with van der Waals surface area (Å²) < 4.78 is 53.7. The number of alkyl halides is 3. The van der Waals surface area contributed by atoms with Crippen molar-refractivity contribution in [2.75, 3.05) is 7.11 Å². The second-order valence-electron chi connectivity index (χ2n) is 6.86. The molecule has 0 saturated heterocycles. The highest BCUT2D eigenvalue weighted by atomic mass is 79.9. The second kappa shape index (κ2) is 8.59. The van der Waals surface area contributed by atoms with Crippen LogP contribution in [0.15, 0.2) is 59.3 Å². The number of thiophene rings is 1. The van der Waals surface area contributed by atoms with Crippen LogP contribution in [0.4, 0.5) is 13.2 Å². The minimum atomic E-state index is -4.53. The lowest BCUT2D eigenvalue weighted by molar-refractivity contribution is -0.139. The highest BCUT2D eigenvalue weighted by molar-refractivity contribution is 9.10. The Hall–Kier alpha value is -2.85. The fourth-order valence-electron chi connectivity index (χ4n) is 3.32. The zero-order chi connectivity index (χ0) is 23.0. The molecule has 0 radical (unpaired) electrons. The van der Waals surface area contributed by atoms with Gasteiger partial charge < -0.3 is 9.47 Å². The summed E-state index contributed by atoms with van der Waals surface area (Å²) in [6.45, 7) is 1.51. The largest absolute Gasteiger partial charge is 0.484 e. The van der Waals surface area contributed by atoms with E-state index in [9.17, 15) is 18.0 Å². The van der Waals surface area contributed by atoms with E-state index in [0.717, 1.165) is 32.9 Å². The Balaban J connectivity index is 1.76. The molecule has 0 bridgehead atoms. The van der Waals surface area contributed by atoms with Gasteiger partial charge in [-0.2, -0.15) is 13.2 Å². The van der Waals surface area contributed by atoms with Crippen LogP contribution >= 0.6 is 27.3 Å². The predicted octanol–water partition coefficient (Wildman–Crippen LogP) is 6.79. The molecule has 0 aliphatic heterocycles. The summed E-state index contributed by atoms with van der Waals surface area (Å²) in [5.74, 6) is -0.503. The van der Waals surface area contributed by atoms with Gasteiger partial charge in [-0.15, -0.1) is 11.3 Å². The lowest BCUT2D eigenvalue weighted by Gasteiger charge is -2.19. The number of ether oxygens (including phenoxy) is 2. The van der Waals surface area contributed by atoms with Crippen molar-refractivity contribution >= 4 is 44.3 Å². The molecule has 0 aliphatic carbocycles. The number of methoxy groups -OCH3 is 1. The molecule has 0 N–H and O–H groups in total. The van der Waals surface area contributed by atoms with Crippen LogP contribution in [0.2, 0.25) is 0 Å². The summed E-state index contributed by atoms with van der Waals surface area (Å²) in [4.78, 5) is 16.9. The molecule has 0 unspecified atom stereocenters. The summed E-state index contributed by atoms with van der Waals surface area (Å²) >= 11 is 4.53. The number of rotatable bonds is 5. The van der Waals surface area contributed by atoms with Gasteiger partial charge in [0.1, 0.15) is 23.2 Å². The van der Waals surface area contributed by atoms with Crippen LogP contribution in [0, 0.1) is 0 Å². The van der Waals surface area contributed by atoms with Crippen LogP contribution in [0.3, 0.4) is 0 Å². The molecule has 5 nitrogen and oxygen atoms in total. The van der Waals surface area contributed by atoms with Gasteiger partial charge in [-0.25, -0.2) is 9.78 Å². The zero-order valence-electron chi connectivity index (χ0n) is 16.8. The summed E-state index contributed by atoms with van der Waals surface area (Å²) in [5.41, 5.74) is 0.726. The third kappa shape index (κ3) is 4.24. The molecule has 0 fully saturated rings. The van der Waals surface area contributed by atoms with Crippen molar-refractivity contribution in [1.29, 1.82) is 0 Å². The lowest BCUT2D eigenvalue weighted by Crippen LogP contribution is -2.14. The molecule has 166 valence electrons. The van der Waals surface area contributed by atoms with E-state index in [1.807, 2.05) is 18.2 Å². The Labute approximate surface area is 193 Å². The van der Waals surface area contributed by atoms with E-state index in [2.05, 4.69) is 20.9 Å². The van der Waals surface area contributed by atoms with E-state index in [4.69, 9.17) is 9.47 Å². The lowest BCUT2D eigenvalue weighted by atomic mass is 10.0. The Morgan fingerprint density at radius 1 is 1.19 bits per heavy atom. The molecule has 2 aromatic heterocycles. The van der Waals surface area contributed by atoms with Crippen LogP contribution in [0.5, 0.6) is 5.75 Å². The van der Waals surface area contributed by atoms with Crippen molar-refractivity contribution in [2.24, 2.45) is 0 Å². The predicted molar refractivity (Wildman–Crippen MR) is 118 cm³/mol.